The van der Waals surface area contributed by atoms with Gasteiger partial charge in [-0.2, -0.15) is 0 Å². The van der Waals surface area contributed by atoms with Crippen LogP contribution in [0.5, 0.6) is 0 Å². The lowest BCUT2D eigenvalue weighted by Gasteiger charge is -2.13. The maximum atomic E-state index is 12.8. The number of carbonyl (C=O) groups is 1. The number of H-pyrrole nitrogens is 1. The number of carbonyl (C=O) groups excluding carboxylic acids is 1. The highest BCUT2D eigenvalue weighted by Gasteiger charge is 2.18. The molecule has 1 aromatic carbocycles. The average molecular weight is 376 g/mol. The summed E-state index contributed by atoms with van der Waals surface area (Å²) in [6.07, 6.45) is 8.08. The van der Waals surface area contributed by atoms with Gasteiger partial charge in [0.25, 0.3) is 5.91 Å². The molecule has 4 rings (SSSR count). The van der Waals surface area contributed by atoms with Crippen molar-refractivity contribution in [2.24, 2.45) is 0 Å². The van der Waals surface area contributed by atoms with Crippen molar-refractivity contribution in [1.29, 1.82) is 0 Å². The molecule has 144 valence electrons. The number of hydrogen-bond acceptors (Lipinski definition) is 4. The van der Waals surface area contributed by atoms with Crippen molar-refractivity contribution in [3.05, 3.63) is 59.3 Å². The molecule has 0 fully saturated rings. The molecule has 1 aliphatic rings. The fourth-order valence-electron chi connectivity index (χ4n) is 3.44. The van der Waals surface area contributed by atoms with Crippen LogP contribution >= 0.6 is 0 Å². The van der Waals surface area contributed by atoms with Gasteiger partial charge < -0.3 is 14.3 Å². The summed E-state index contributed by atoms with van der Waals surface area (Å²) in [6, 6.07) is 6.27. The van der Waals surface area contributed by atoms with Gasteiger partial charge in [0.05, 0.1) is 17.4 Å². The molecule has 2 heterocycles. The zero-order valence-electron chi connectivity index (χ0n) is 16.5. The molecule has 0 bridgehead atoms. The number of para-hydroxylation sites is 1. The number of amides is 1. The first-order valence-electron chi connectivity index (χ1n) is 9.40. The monoisotopic (exact) mass is 376 g/mol. The minimum atomic E-state index is -0.220. The van der Waals surface area contributed by atoms with Gasteiger partial charge in [-0.3, -0.25) is 10.1 Å². The van der Waals surface area contributed by atoms with Crippen LogP contribution in [0.4, 0.5) is 11.6 Å². The quantitative estimate of drug-likeness (QED) is 0.704. The Kier molecular flexibility index (Phi) is 4.55. The highest BCUT2D eigenvalue weighted by Crippen LogP contribution is 2.32. The number of fused-ring (bicyclic) bond motifs is 3. The molecule has 6 nitrogen and oxygen atoms in total. The number of oxazole rings is 1. The summed E-state index contributed by atoms with van der Waals surface area (Å²) in [4.78, 5) is 22.5. The number of aromatic nitrogens is 2. The van der Waals surface area contributed by atoms with Crippen molar-refractivity contribution >= 4 is 34.5 Å². The van der Waals surface area contributed by atoms with Crippen LogP contribution in [0.15, 0.2) is 46.5 Å². The first-order chi connectivity index (χ1) is 13.4. The smallest absolute Gasteiger partial charge is 0.258 e. The predicted octanol–water partition coefficient (Wildman–Crippen LogP) is 4.48. The van der Waals surface area contributed by atoms with Crippen LogP contribution in [0, 0.1) is 0 Å². The largest absolute Gasteiger partial charge is 0.425 e. The van der Waals surface area contributed by atoms with Crippen molar-refractivity contribution in [3.8, 4) is 0 Å². The minimum Gasteiger partial charge on any atom is -0.425 e. The lowest BCUT2D eigenvalue weighted by molar-refractivity contribution is -0.112. The van der Waals surface area contributed by atoms with Crippen LogP contribution < -0.4 is 10.2 Å². The first kappa shape index (κ1) is 18.1. The lowest BCUT2D eigenvalue weighted by Crippen LogP contribution is -2.12. The Morgan fingerprint density at radius 1 is 1.32 bits per heavy atom. The van der Waals surface area contributed by atoms with Gasteiger partial charge >= 0.3 is 0 Å². The SMILES string of the molecule is CC(C)c1ncc(NC(=O)C2=Cc3[nH]c4c(N(C)C)cccc4c3CC=C2)o1. The molecule has 0 unspecified atom stereocenters. The molecule has 28 heavy (non-hydrogen) atoms. The van der Waals surface area contributed by atoms with Crippen LogP contribution in [-0.2, 0) is 11.2 Å². The number of hydrogen-bond donors (Lipinski definition) is 2. The van der Waals surface area contributed by atoms with E-state index in [-0.39, 0.29) is 11.8 Å². The van der Waals surface area contributed by atoms with Gasteiger partial charge in [0.2, 0.25) is 5.88 Å². The molecular formula is C22H24N4O2. The summed E-state index contributed by atoms with van der Waals surface area (Å²) in [6.45, 7) is 3.99. The van der Waals surface area contributed by atoms with Crippen molar-refractivity contribution in [1.82, 2.24) is 9.97 Å². The lowest BCUT2D eigenvalue weighted by atomic mass is 10.1. The molecule has 0 saturated carbocycles. The van der Waals surface area contributed by atoms with Crippen LogP contribution in [0.1, 0.15) is 36.9 Å². The third-order valence-corrected chi connectivity index (χ3v) is 4.87. The minimum absolute atomic E-state index is 0.169. The molecular weight excluding hydrogens is 352 g/mol. The zero-order valence-corrected chi connectivity index (χ0v) is 16.5. The summed E-state index contributed by atoms with van der Waals surface area (Å²) in [5.41, 5.74) is 4.93. The van der Waals surface area contributed by atoms with Crippen molar-refractivity contribution in [3.63, 3.8) is 0 Å². The first-order valence-corrected chi connectivity index (χ1v) is 9.40. The molecule has 2 N–H and O–H groups in total. The van der Waals surface area contributed by atoms with E-state index in [0.717, 1.165) is 23.3 Å². The van der Waals surface area contributed by atoms with Gasteiger partial charge in [-0.25, -0.2) is 4.98 Å². The van der Waals surface area contributed by atoms with E-state index in [4.69, 9.17) is 4.42 Å². The second-order valence-corrected chi connectivity index (χ2v) is 7.49. The number of allylic oxidation sites excluding steroid dienone is 1. The van der Waals surface area contributed by atoms with Gasteiger partial charge in [-0.1, -0.05) is 38.1 Å². The summed E-state index contributed by atoms with van der Waals surface area (Å²) in [5, 5.41) is 3.98. The number of rotatable bonds is 4. The van der Waals surface area contributed by atoms with E-state index in [0.29, 0.717) is 17.3 Å². The highest BCUT2D eigenvalue weighted by molar-refractivity contribution is 6.09. The van der Waals surface area contributed by atoms with Gasteiger partial charge in [0.15, 0.2) is 5.89 Å². The summed E-state index contributed by atoms with van der Waals surface area (Å²) >= 11 is 0. The number of nitrogens with zero attached hydrogens (tertiary/aromatic N) is 2. The molecule has 6 heteroatoms. The molecule has 0 atom stereocenters. The molecule has 2 aromatic heterocycles. The van der Waals surface area contributed by atoms with E-state index in [2.05, 4.69) is 38.4 Å². The van der Waals surface area contributed by atoms with Gasteiger partial charge in [-0.05, 0) is 24.1 Å². The van der Waals surface area contributed by atoms with E-state index in [1.807, 2.05) is 46.2 Å². The summed E-state index contributed by atoms with van der Waals surface area (Å²) in [5.74, 6) is 0.915. The summed E-state index contributed by atoms with van der Waals surface area (Å²) < 4.78 is 5.59. The van der Waals surface area contributed by atoms with Crippen LogP contribution in [0.3, 0.4) is 0 Å². The Hall–Kier alpha value is -3.28. The normalized spacial score (nSPS) is 13.4. The van der Waals surface area contributed by atoms with E-state index in [1.165, 1.54) is 10.9 Å². The third kappa shape index (κ3) is 3.22. The maximum Gasteiger partial charge on any atom is 0.258 e. The Morgan fingerprint density at radius 2 is 2.14 bits per heavy atom. The average Bonchev–Trinajstić information content (AvgIpc) is 3.19. The fourth-order valence-corrected chi connectivity index (χ4v) is 3.44. The van der Waals surface area contributed by atoms with Gasteiger partial charge in [-0.15, -0.1) is 0 Å². The van der Waals surface area contributed by atoms with E-state index >= 15 is 0 Å². The second-order valence-electron chi connectivity index (χ2n) is 7.49. The Bertz CT molecular complexity index is 1100. The molecule has 1 aliphatic carbocycles. The van der Waals surface area contributed by atoms with E-state index < -0.39 is 0 Å². The van der Waals surface area contributed by atoms with Crippen molar-refractivity contribution in [2.75, 3.05) is 24.3 Å². The van der Waals surface area contributed by atoms with Crippen LogP contribution in [0.25, 0.3) is 17.0 Å². The third-order valence-electron chi connectivity index (χ3n) is 4.87. The topological polar surface area (TPSA) is 74.2 Å². The Morgan fingerprint density at radius 3 is 2.86 bits per heavy atom. The van der Waals surface area contributed by atoms with Crippen molar-refractivity contribution < 1.29 is 9.21 Å². The molecule has 0 aliphatic heterocycles. The number of nitrogens with one attached hydrogen (secondary N) is 2. The Balaban J connectivity index is 1.68. The predicted molar refractivity (Wildman–Crippen MR) is 113 cm³/mol. The van der Waals surface area contributed by atoms with Crippen molar-refractivity contribution in [2.45, 2.75) is 26.2 Å². The number of benzene rings is 1. The molecule has 0 radical (unpaired) electrons. The molecule has 0 spiro atoms. The van der Waals surface area contributed by atoms with E-state index in [1.54, 1.807) is 6.20 Å². The molecule has 0 saturated heterocycles. The zero-order chi connectivity index (χ0) is 19.8. The molecule has 1 amide bonds. The fraction of sp³-hybridized carbons (Fsp3) is 0.273. The Labute approximate surface area is 163 Å². The number of anilines is 2. The maximum absolute atomic E-state index is 12.8. The second kappa shape index (κ2) is 7.03. The van der Waals surface area contributed by atoms with Crippen LogP contribution in [-0.4, -0.2) is 30.0 Å². The summed E-state index contributed by atoms with van der Waals surface area (Å²) in [7, 11) is 4.05. The van der Waals surface area contributed by atoms with Crippen LogP contribution in [0.2, 0.25) is 0 Å². The van der Waals surface area contributed by atoms with Gasteiger partial charge in [0, 0.05) is 36.7 Å². The number of aromatic amines is 1. The van der Waals surface area contributed by atoms with Gasteiger partial charge in [0.1, 0.15) is 0 Å². The standard InChI is InChI=1S/C22H24N4O2/c1-13(2)22-23-12-19(28-22)25-21(27)14-7-5-8-15-16-9-6-10-18(26(3)4)20(16)24-17(15)11-14/h5-7,9-13,24H,8H2,1-4H3,(H,25,27). The molecule has 3 aromatic rings. The van der Waals surface area contributed by atoms with E-state index in [9.17, 15) is 4.79 Å². The highest BCUT2D eigenvalue weighted by atomic mass is 16.4.